The lowest BCUT2D eigenvalue weighted by Crippen LogP contribution is -2.40. The maximum atomic E-state index is 12.9. The van der Waals surface area contributed by atoms with Gasteiger partial charge < -0.3 is 10.1 Å². The van der Waals surface area contributed by atoms with Gasteiger partial charge in [0.1, 0.15) is 5.75 Å². The molecule has 2 saturated carbocycles. The van der Waals surface area contributed by atoms with Crippen LogP contribution in [0.5, 0.6) is 5.75 Å². The lowest BCUT2D eigenvalue weighted by molar-refractivity contribution is 0.102. The van der Waals surface area contributed by atoms with E-state index in [0.717, 1.165) is 18.1 Å². The highest BCUT2D eigenvalue weighted by molar-refractivity contribution is 7.89. The van der Waals surface area contributed by atoms with Crippen LogP contribution >= 0.6 is 0 Å². The van der Waals surface area contributed by atoms with E-state index in [1.54, 1.807) is 36.4 Å². The van der Waals surface area contributed by atoms with Crippen molar-refractivity contribution >= 4 is 21.6 Å². The summed E-state index contributed by atoms with van der Waals surface area (Å²) >= 11 is 0. The third-order valence-corrected chi connectivity index (χ3v) is 8.47. The standard InChI is InChI=1S/C26H34N2O4S/c1-17(2)16-32-23-10-6-20(7-11-23)26(29)27-22-8-12-24(13-9-22)33(30,31)28-18(3)25-15-19-4-5-21(25)14-19/h6-13,17-19,21,25,28H,4-5,14-16H2,1-3H3,(H,27,29)/t18-,19-,21-,25+/m0/s1. The zero-order valence-electron chi connectivity index (χ0n) is 19.6. The van der Waals surface area contributed by atoms with Gasteiger partial charge in [-0.3, -0.25) is 4.79 Å². The summed E-state index contributed by atoms with van der Waals surface area (Å²) in [6.45, 7) is 6.76. The zero-order chi connectivity index (χ0) is 23.6. The van der Waals surface area contributed by atoms with Crippen molar-refractivity contribution in [2.45, 2.75) is 57.4 Å². The van der Waals surface area contributed by atoms with Crippen molar-refractivity contribution in [1.82, 2.24) is 4.72 Å². The molecule has 0 heterocycles. The molecule has 0 aromatic heterocycles. The minimum absolute atomic E-state index is 0.0721. The smallest absolute Gasteiger partial charge is 0.255 e. The van der Waals surface area contributed by atoms with Gasteiger partial charge in [-0.25, -0.2) is 13.1 Å². The number of sulfonamides is 1. The largest absolute Gasteiger partial charge is 0.493 e. The van der Waals surface area contributed by atoms with Crippen LogP contribution in [-0.4, -0.2) is 27.0 Å². The van der Waals surface area contributed by atoms with Gasteiger partial charge in [0.15, 0.2) is 0 Å². The molecular formula is C26H34N2O4S. The number of carbonyl (C=O) groups excluding carboxylic acids is 1. The summed E-state index contributed by atoms with van der Waals surface area (Å²) in [6.07, 6.45) is 4.90. The molecule has 4 atom stereocenters. The van der Waals surface area contributed by atoms with Crippen LogP contribution in [0, 0.1) is 23.7 Å². The van der Waals surface area contributed by atoms with Crippen molar-refractivity contribution in [3.8, 4) is 5.75 Å². The third kappa shape index (κ3) is 5.76. The minimum atomic E-state index is -3.60. The van der Waals surface area contributed by atoms with Crippen LogP contribution in [0.4, 0.5) is 5.69 Å². The van der Waals surface area contributed by atoms with E-state index in [0.29, 0.717) is 35.6 Å². The number of fused-ring (bicyclic) bond motifs is 2. The van der Waals surface area contributed by atoms with E-state index in [-0.39, 0.29) is 16.8 Å². The van der Waals surface area contributed by atoms with Gasteiger partial charge in [0, 0.05) is 17.3 Å². The number of amides is 1. The predicted octanol–water partition coefficient (Wildman–Crippen LogP) is 5.08. The van der Waals surface area contributed by atoms with Gasteiger partial charge >= 0.3 is 0 Å². The highest BCUT2D eigenvalue weighted by atomic mass is 32.2. The summed E-state index contributed by atoms with van der Waals surface area (Å²) in [5.41, 5.74) is 1.05. The van der Waals surface area contributed by atoms with E-state index in [1.807, 2.05) is 6.92 Å². The molecular weight excluding hydrogens is 436 g/mol. The lowest BCUT2D eigenvalue weighted by Gasteiger charge is -2.28. The molecule has 2 aromatic rings. The normalized spacial score (nSPS) is 23.0. The van der Waals surface area contributed by atoms with E-state index >= 15 is 0 Å². The number of anilines is 1. The Morgan fingerprint density at radius 2 is 1.70 bits per heavy atom. The fourth-order valence-corrected chi connectivity index (χ4v) is 6.49. The van der Waals surface area contributed by atoms with Crippen LogP contribution < -0.4 is 14.8 Å². The first-order valence-electron chi connectivity index (χ1n) is 11.9. The Hall–Kier alpha value is -2.38. The van der Waals surface area contributed by atoms with Gasteiger partial charge in [0.25, 0.3) is 5.91 Å². The van der Waals surface area contributed by atoms with Crippen LogP contribution in [0.25, 0.3) is 0 Å². The molecule has 0 radical (unpaired) electrons. The van der Waals surface area contributed by atoms with E-state index < -0.39 is 10.0 Å². The SMILES string of the molecule is CC(C)COc1ccc(C(=O)Nc2ccc(S(=O)(=O)N[C@@H](C)[C@H]3C[C@H]4CC[C@H]3C4)cc2)cc1. The first-order chi connectivity index (χ1) is 15.7. The molecule has 7 heteroatoms. The molecule has 178 valence electrons. The van der Waals surface area contributed by atoms with E-state index in [4.69, 9.17) is 4.74 Å². The second-order valence-corrected chi connectivity index (χ2v) is 11.7. The maximum absolute atomic E-state index is 12.9. The van der Waals surface area contributed by atoms with Crippen molar-refractivity contribution in [2.75, 3.05) is 11.9 Å². The minimum Gasteiger partial charge on any atom is -0.493 e. The Morgan fingerprint density at radius 3 is 2.27 bits per heavy atom. The number of carbonyl (C=O) groups is 1. The van der Waals surface area contributed by atoms with E-state index in [1.165, 1.54) is 31.4 Å². The van der Waals surface area contributed by atoms with Crippen LogP contribution in [-0.2, 0) is 10.0 Å². The molecule has 2 aliphatic carbocycles. The summed E-state index contributed by atoms with van der Waals surface area (Å²) in [4.78, 5) is 12.8. The molecule has 2 N–H and O–H groups in total. The molecule has 0 spiro atoms. The lowest BCUT2D eigenvalue weighted by atomic mass is 9.84. The second kappa shape index (κ2) is 9.85. The Kier molecular flexibility index (Phi) is 7.10. The molecule has 2 aromatic carbocycles. The quantitative estimate of drug-likeness (QED) is 0.535. The predicted molar refractivity (Wildman–Crippen MR) is 130 cm³/mol. The number of rotatable bonds is 9. The molecule has 0 saturated heterocycles. The molecule has 2 fully saturated rings. The van der Waals surface area contributed by atoms with Gasteiger partial charge in [-0.05, 0) is 98.4 Å². The molecule has 33 heavy (non-hydrogen) atoms. The first-order valence-corrected chi connectivity index (χ1v) is 13.4. The van der Waals surface area contributed by atoms with Gasteiger partial charge in [-0.2, -0.15) is 0 Å². The van der Waals surface area contributed by atoms with Crippen molar-refractivity contribution in [3.63, 3.8) is 0 Å². The number of hydrogen-bond acceptors (Lipinski definition) is 4. The number of benzene rings is 2. The summed E-state index contributed by atoms with van der Waals surface area (Å²) in [5.74, 6) is 2.75. The van der Waals surface area contributed by atoms with Crippen molar-refractivity contribution < 1.29 is 17.9 Å². The van der Waals surface area contributed by atoms with Crippen LogP contribution in [0.3, 0.4) is 0 Å². The summed E-state index contributed by atoms with van der Waals surface area (Å²) in [7, 11) is -3.60. The molecule has 4 rings (SSSR count). The molecule has 2 aliphatic rings. The highest BCUT2D eigenvalue weighted by Gasteiger charge is 2.42. The summed E-state index contributed by atoms with van der Waals surface area (Å²) in [5, 5.41) is 2.82. The summed E-state index contributed by atoms with van der Waals surface area (Å²) < 4.78 is 34.3. The van der Waals surface area contributed by atoms with Gasteiger partial charge in [0.05, 0.1) is 11.5 Å². The molecule has 2 bridgehead atoms. The van der Waals surface area contributed by atoms with Crippen molar-refractivity contribution in [2.24, 2.45) is 23.7 Å². The molecule has 1 amide bonds. The fourth-order valence-electron chi connectivity index (χ4n) is 5.19. The topological polar surface area (TPSA) is 84.5 Å². The van der Waals surface area contributed by atoms with Crippen LogP contribution in [0.2, 0.25) is 0 Å². The highest BCUT2D eigenvalue weighted by Crippen LogP contribution is 2.49. The van der Waals surface area contributed by atoms with Gasteiger partial charge in [0.2, 0.25) is 10.0 Å². The summed E-state index contributed by atoms with van der Waals surface area (Å²) in [6, 6.07) is 13.2. The number of nitrogens with one attached hydrogen (secondary N) is 2. The van der Waals surface area contributed by atoms with Gasteiger partial charge in [-0.15, -0.1) is 0 Å². The van der Waals surface area contributed by atoms with Crippen molar-refractivity contribution in [3.05, 3.63) is 54.1 Å². The molecule has 0 unspecified atom stereocenters. The average molecular weight is 471 g/mol. The first kappa shape index (κ1) is 23.8. The third-order valence-electron chi connectivity index (χ3n) is 6.90. The van der Waals surface area contributed by atoms with E-state index in [2.05, 4.69) is 23.9 Å². The van der Waals surface area contributed by atoms with Gasteiger partial charge in [-0.1, -0.05) is 20.3 Å². The van der Waals surface area contributed by atoms with E-state index in [9.17, 15) is 13.2 Å². The molecule has 6 nitrogen and oxygen atoms in total. The maximum Gasteiger partial charge on any atom is 0.255 e. The van der Waals surface area contributed by atoms with Crippen molar-refractivity contribution in [1.29, 1.82) is 0 Å². The molecule has 0 aliphatic heterocycles. The Bertz CT molecular complexity index is 1060. The Balaban J connectivity index is 1.34. The zero-order valence-corrected chi connectivity index (χ0v) is 20.4. The second-order valence-electron chi connectivity index (χ2n) is 9.96. The monoisotopic (exact) mass is 470 g/mol. The Labute approximate surface area is 197 Å². The number of hydrogen-bond donors (Lipinski definition) is 2. The van der Waals surface area contributed by atoms with Crippen LogP contribution in [0.1, 0.15) is 56.8 Å². The average Bonchev–Trinajstić information content (AvgIpc) is 3.42. The Morgan fingerprint density at radius 1 is 1.00 bits per heavy atom. The van der Waals surface area contributed by atoms with Crippen LogP contribution in [0.15, 0.2) is 53.4 Å². The fraction of sp³-hybridized carbons (Fsp3) is 0.500. The number of ether oxygens (including phenoxy) is 1.